The molecule has 0 bridgehead atoms. The van der Waals surface area contributed by atoms with Crippen molar-refractivity contribution in [2.75, 3.05) is 0 Å². The molecule has 0 aromatic carbocycles. The average molecular weight is 154 g/mol. The van der Waals surface area contributed by atoms with Crippen LogP contribution in [0.25, 0.3) is 0 Å². The summed E-state index contributed by atoms with van der Waals surface area (Å²) < 4.78 is 0. The van der Waals surface area contributed by atoms with Crippen molar-refractivity contribution in [2.24, 2.45) is 0 Å². The van der Waals surface area contributed by atoms with E-state index in [0.717, 1.165) is 0 Å². The topological polar surface area (TPSA) is 0 Å². The molecule has 1 saturated carbocycles. The van der Waals surface area contributed by atoms with Crippen molar-refractivity contribution in [3.8, 4) is 0 Å². The Bertz CT molecular complexity index is 36.1. The van der Waals surface area contributed by atoms with Crippen LogP contribution in [0.1, 0.15) is 54.2 Å². The summed E-state index contributed by atoms with van der Waals surface area (Å²) in [7, 11) is 0. The van der Waals surface area contributed by atoms with Crippen LogP contribution in [0, 0.1) is 0 Å². The third-order valence-corrected chi connectivity index (χ3v) is 2.00. The van der Waals surface area contributed by atoms with Crippen LogP contribution >= 0.6 is 0 Å². The summed E-state index contributed by atoms with van der Waals surface area (Å²) in [6, 6.07) is 0. The summed E-state index contributed by atoms with van der Waals surface area (Å²) in [5, 5.41) is 0. The van der Waals surface area contributed by atoms with E-state index in [9.17, 15) is 0 Å². The van der Waals surface area contributed by atoms with Crippen LogP contribution in [0.2, 0.25) is 0 Å². The zero-order valence-electron chi connectivity index (χ0n) is 8.36. The molecule has 52 valence electrons. The van der Waals surface area contributed by atoms with Crippen molar-refractivity contribution in [2.45, 2.75) is 51.4 Å². The van der Waals surface area contributed by atoms with Crippen LogP contribution in [0.4, 0.5) is 0 Å². The Morgan fingerprint density at radius 1 is 0.444 bits per heavy atom. The van der Waals surface area contributed by atoms with Gasteiger partial charge < -0.3 is 2.85 Å². The molecule has 1 aliphatic carbocycles. The van der Waals surface area contributed by atoms with E-state index in [0.29, 0.717) is 0 Å². The molecule has 0 saturated heterocycles. The molecule has 0 aromatic rings. The summed E-state index contributed by atoms with van der Waals surface area (Å²) in [6.45, 7) is 0. The fraction of sp³-hybridized carbons (Fsp3) is 1.00. The zero-order chi connectivity index (χ0) is 5.66. The summed E-state index contributed by atoms with van der Waals surface area (Å²) in [5.74, 6) is 0. The van der Waals surface area contributed by atoms with Crippen LogP contribution in [-0.2, 0) is 0 Å². The van der Waals surface area contributed by atoms with Gasteiger partial charge in [-0.25, -0.2) is 0 Å². The molecule has 0 heterocycles. The molecule has 1 rings (SSSR count). The minimum Gasteiger partial charge on any atom is -1.00 e. The van der Waals surface area contributed by atoms with E-state index in [1.807, 2.05) is 0 Å². The molecule has 9 heavy (non-hydrogen) atoms. The molecule has 0 unspecified atom stereocenters. The van der Waals surface area contributed by atoms with Crippen molar-refractivity contribution in [3.05, 3.63) is 0 Å². The minimum atomic E-state index is 0. The first-order valence-electron chi connectivity index (χ1n) is 4.00. The van der Waals surface area contributed by atoms with E-state index < -0.39 is 0 Å². The molecule has 0 nitrogen and oxygen atoms in total. The van der Waals surface area contributed by atoms with Crippen LogP contribution in [0.3, 0.4) is 0 Å². The zero-order valence-corrected chi connectivity index (χ0v) is 8.57. The van der Waals surface area contributed by atoms with Gasteiger partial charge in [-0.2, -0.15) is 0 Å². The fourth-order valence-electron chi connectivity index (χ4n) is 1.41. The van der Waals surface area contributed by atoms with Gasteiger partial charge in [0, 0.05) is 0 Å². The van der Waals surface area contributed by atoms with E-state index >= 15 is 0 Å². The Hall–Kier alpha value is 1.26. The molecule has 0 aliphatic heterocycles. The van der Waals surface area contributed by atoms with Gasteiger partial charge in [0.15, 0.2) is 0 Å². The van der Waals surface area contributed by atoms with E-state index in [2.05, 4.69) is 0 Å². The maximum Gasteiger partial charge on any atom is 2.00 e. The Morgan fingerprint density at radius 3 is 0.667 bits per heavy atom. The molecule has 0 atom stereocenters. The van der Waals surface area contributed by atoms with Crippen molar-refractivity contribution >= 4 is 37.7 Å². The van der Waals surface area contributed by atoms with Crippen molar-refractivity contribution in [3.63, 3.8) is 0 Å². The first kappa shape index (κ1) is 10.3. The SMILES string of the molecule is C1CCCCCCC1.[Ca+2].[H-].[H-]. The monoisotopic (exact) mass is 154 g/mol. The second kappa shape index (κ2) is 7.37. The first-order chi connectivity index (χ1) is 4.00. The molecule has 0 amide bonds. The molecule has 0 aromatic heterocycles. The van der Waals surface area contributed by atoms with Gasteiger partial charge in [-0.1, -0.05) is 51.4 Å². The van der Waals surface area contributed by atoms with E-state index in [-0.39, 0.29) is 40.6 Å². The Balaban J connectivity index is -0.000000213. The van der Waals surface area contributed by atoms with Crippen LogP contribution < -0.4 is 0 Å². The number of rotatable bonds is 0. The molecule has 0 spiro atoms. The minimum absolute atomic E-state index is 0. The van der Waals surface area contributed by atoms with Crippen molar-refractivity contribution in [1.29, 1.82) is 0 Å². The van der Waals surface area contributed by atoms with Gasteiger partial charge in [0.1, 0.15) is 0 Å². The smallest absolute Gasteiger partial charge is 1.00 e. The van der Waals surface area contributed by atoms with Gasteiger partial charge in [-0.15, -0.1) is 0 Å². The maximum atomic E-state index is 1.50. The Kier molecular flexibility index (Phi) is 8.40. The standard InChI is InChI=1S/C8H16.Ca.2H/c1-2-4-6-8-7-5-3-1;;;/h1-8H2;;;/q;+2;2*-1. The molecule has 1 heteroatoms. The Morgan fingerprint density at radius 2 is 0.556 bits per heavy atom. The van der Waals surface area contributed by atoms with E-state index in [1.165, 1.54) is 51.4 Å². The second-order valence-corrected chi connectivity index (χ2v) is 2.83. The largest absolute Gasteiger partial charge is 2.00 e. The normalized spacial score (nSPS) is 21.3. The van der Waals surface area contributed by atoms with Gasteiger partial charge in [-0.3, -0.25) is 0 Å². The van der Waals surface area contributed by atoms with Gasteiger partial charge >= 0.3 is 37.7 Å². The molecule has 0 N–H and O–H groups in total. The summed E-state index contributed by atoms with van der Waals surface area (Å²) in [5.41, 5.74) is 0. The molecule has 1 fully saturated rings. The first-order valence-corrected chi connectivity index (χ1v) is 4.00. The predicted octanol–water partition coefficient (Wildman–Crippen LogP) is 2.97. The quantitative estimate of drug-likeness (QED) is 0.471. The number of hydrogen-bond donors (Lipinski definition) is 0. The van der Waals surface area contributed by atoms with E-state index in [4.69, 9.17) is 0 Å². The Labute approximate surface area is 91.4 Å². The van der Waals surface area contributed by atoms with Gasteiger partial charge in [0.2, 0.25) is 0 Å². The van der Waals surface area contributed by atoms with E-state index in [1.54, 1.807) is 0 Å². The molecule has 0 radical (unpaired) electrons. The summed E-state index contributed by atoms with van der Waals surface area (Å²) in [6.07, 6.45) is 12.0. The maximum absolute atomic E-state index is 1.50. The van der Waals surface area contributed by atoms with Crippen LogP contribution in [0.5, 0.6) is 0 Å². The predicted molar refractivity (Wildman–Crippen MR) is 44.9 cm³/mol. The van der Waals surface area contributed by atoms with Crippen molar-refractivity contribution < 1.29 is 2.85 Å². The summed E-state index contributed by atoms with van der Waals surface area (Å²) >= 11 is 0. The molecule has 1 aliphatic rings. The average Bonchev–Trinajstić information content (AvgIpc) is 1.62. The summed E-state index contributed by atoms with van der Waals surface area (Å²) in [4.78, 5) is 0. The van der Waals surface area contributed by atoms with Gasteiger partial charge in [0.05, 0.1) is 0 Å². The molecular formula is C8H18Ca. The molecular weight excluding hydrogens is 136 g/mol. The fourth-order valence-corrected chi connectivity index (χ4v) is 1.41. The van der Waals surface area contributed by atoms with Crippen molar-refractivity contribution in [1.82, 2.24) is 0 Å². The van der Waals surface area contributed by atoms with Crippen LogP contribution in [0.15, 0.2) is 0 Å². The second-order valence-electron chi connectivity index (χ2n) is 2.83. The van der Waals surface area contributed by atoms with Gasteiger partial charge in [-0.05, 0) is 0 Å². The van der Waals surface area contributed by atoms with Gasteiger partial charge in [0.25, 0.3) is 0 Å². The number of hydrogen-bond acceptors (Lipinski definition) is 0. The third kappa shape index (κ3) is 5.69. The third-order valence-electron chi connectivity index (χ3n) is 2.00. The van der Waals surface area contributed by atoms with Crippen LogP contribution in [-0.4, -0.2) is 37.7 Å².